The van der Waals surface area contributed by atoms with Crippen LogP contribution in [0.25, 0.3) is 0 Å². The molecule has 3 rings (SSSR count). The standard InChI is InChI=1S/C20H30N2O3/c1-15-6-4-11-22(13-15)20(23)14-21-10-5-7-18(21)17-9-8-16(24-2)12-19(17)25-3/h8-9,12,15,18H,4-7,10-11,13-14H2,1-3H3. The molecular weight excluding hydrogens is 316 g/mol. The number of rotatable bonds is 5. The zero-order valence-electron chi connectivity index (χ0n) is 15.7. The molecule has 2 aliphatic rings. The molecule has 25 heavy (non-hydrogen) atoms. The molecule has 5 heteroatoms. The molecule has 5 nitrogen and oxygen atoms in total. The Hall–Kier alpha value is -1.75. The molecule has 1 aromatic rings. The minimum absolute atomic E-state index is 0.243. The van der Waals surface area contributed by atoms with E-state index in [0.29, 0.717) is 12.5 Å². The summed E-state index contributed by atoms with van der Waals surface area (Å²) in [6, 6.07) is 6.23. The quantitative estimate of drug-likeness (QED) is 0.822. The first-order chi connectivity index (χ1) is 12.1. The minimum atomic E-state index is 0.243. The van der Waals surface area contributed by atoms with Gasteiger partial charge in [-0.05, 0) is 44.2 Å². The topological polar surface area (TPSA) is 42.0 Å². The van der Waals surface area contributed by atoms with Crippen molar-refractivity contribution >= 4 is 5.91 Å². The van der Waals surface area contributed by atoms with Gasteiger partial charge in [0.2, 0.25) is 5.91 Å². The van der Waals surface area contributed by atoms with Gasteiger partial charge in [-0.3, -0.25) is 9.69 Å². The Kier molecular flexibility index (Phi) is 5.84. The highest BCUT2D eigenvalue weighted by molar-refractivity contribution is 5.78. The fraction of sp³-hybridized carbons (Fsp3) is 0.650. The molecule has 2 saturated heterocycles. The molecule has 2 aliphatic heterocycles. The smallest absolute Gasteiger partial charge is 0.236 e. The Morgan fingerprint density at radius 1 is 1.16 bits per heavy atom. The monoisotopic (exact) mass is 346 g/mol. The number of methoxy groups -OCH3 is 2. The van der Waals surface area contributed by atoms with Crippen molar-refractivity contribution < 1.29 is 14.3 Å². The SMILES string of the molecule is COc1ccc(C2CCCN2CC(=O)N2CCCC(C)C2)c(OC)c1. The summed E-state index contributed by atoms with van der Waals surface area (Å²) < 4.78 is 10.9. The zero-order chi connectivity index (χ0) is 17.8. The first-order valence-corrected chi connectivity index (χ1v) is 9.36. The van der Waals surface area contributed by atoms with Crippen LogP contribution < -0.4 is 9.47 Å². The number of ether oxygens (including phenoxy) is 2. The van der Waals surface area contributed by atoms with Gasteiger partial charge in [0.25, 0.3) is 0 Å². The third-order valence-corrected chi connectivity index (χ3v) is 5.51. The van der Waals surface area contributed by atoms with Crippen molar-refractivity contribution in [2.24, 2.45) is 5.92 Å². The molecular formula is C20H30N2O3. The number of amides is 1. The van der Waals surface area contributed by atoms with Crippen LogP contribution in [0.1, 0.15) is 44.2 Å². The molecule has 138 valence electrons. The lowest BCUT2D eigenvalue weighted by molar-refractivity contribution is -0.134. The first kappa shape index (κ1) is 18.1. The Morgan fingerprint density at radius 3 is 2.68 bits per heavy atom. The number of piperidine rings is 1. The normalized spacial score (nSPS) is 24.4. The van der Waals surface area contributed by atoms with Crippen molar-refractivity contribution in [3.05, 3.63) is 23.8 Å². The van der Waals surface area contributed by atoms with Gasteiger partial charge in [-0.15, -0.1) is 0 Å². The van der Waals surface area contributed by atoms with Crippen LogP contribution in [0.4, 0.5) is 0 Å². The molecule has 1 aromatic carbocycles. The lowest BCUT2D eigenvalue weighted by atomic mass is 10.00. The van der Waals surface area contributed by atoms with E-state index in [4.69, 9.17) is 9.47 Å². The summed E-state index contributed by atoms with van der Waals surface area (Å²) in [5.74, 6) is 2.53. The number of carbonyl (C=O) groups excluding carboxylic acids is 1. The fourth-order valence-electron chi connectivity index (χ4n) is 4.15. The van der Waals surface area contributed by atoms with Gasteiger partial charge in [0, 0.05) is 30.8 Å². The molecule has 2 atom stereocenters. The number of benzene rings is 1. The first-order valence-electron chi connectivity index (χ1n) is 9.36. The van der Waals surface area contributed by atoms with Crippen LogP contribution in [-0.2, 0) is 4.79 Å². The minimum Gasteiger partial charge on any atom is -0.497 e. The maximum absolute atomic E-state index is 12.8. The molecule has 0 bridgehead atoms. The number of carbonyl (C=O) groups is 1. The van der Waals surface area contributed by atoms with E-state index in [0.717, 1.165) is 56.0 Å². The molecule has 0 radical (unpaired) electrons. The average Bonchev–Trinajstić information content (AvgIpc) is 3.08. The van der Waals surface area contributed by atoms with E-state index in [1.54, 1.807) is 14.2 Å². The van der Waals surface area contributed by atoms with Crippen molar-refractivity contribution in [2.75, 3.05) is 40.4 Å². The third-order valence-electron chi connectivity index (χ3n) is 5.51. The van der Waals surface area contributed by atoms with E-state index in [1.807, 2.05) is 12.1 Å². The van der Waals surface area contributed by atoms with E-state index in [-0.39, 0.29) is 11.9 Å². The van der Waals surface area contributed by atoms with E-state index in [2.05, 4.69) is 22.8 Å². The Morgan fingerprint density at radius 2 is 1.96 bits per heavy atom. The second-order valence-corrected chi connectivity index (χ2v) is 7.32. The molecule has 2 heterocycles. The van der Waals surface area contributed by atoms with Gasteiger partial charge in [-0.1, -0.05) is 13.0 Å². The van der Waals surface area contributed by atoms with Gasteiger partial charge in [0.1, 0.15) is 11.5 Å². The van der Waals surface area contributed by atoms with Crippen LogP contribution in [0.5, 0.6) is 11.5 Å². The lowest BCUT2D eigenvalue weighted by Gasteiger charge is -2.33. The predicted octanol–water partition coefficient (Wildman–Crippen LogP) is 3.10. The number of hydrogen-bond donors (Lipinski definition) is 0. The van der Waals surface area contributed by atoms with Gasteiger partial charge in [0.15, 0.2) is 0 Å². The van der Waals surface area contributed by atoms with Crippen LogP contribution >= 0.6 is 0 Å². The Balaban J connectivity index is 1.71. The summed E-state index contributed by atoms with van der Waals surface area (Å²) in [6.45, 7) is 5.53. The van der Waals surface area contributed by atoms with E-state index >= 15 is 0 Å². The van der Waals surface area contributed by atoms with Gasteiger partial charge in [-0.25, -0.2) is 0 Å². The highest BCUT2D eigenvalue weighted by Crippen LogP contribution is 2.38. The second-order valence-electron chi connectivity index (χ2n) is 7.32. The summed E-state index contributed by atoms with van der Waals surface area (Å²) in [5, 5.41) is 0. The van der Waals surface area contributed by atoms with Crippen LogP contribution in [-0.4, -0.2) is 56.1 Å². The van der Waals surface area contributed by atoms with E-state index < -0.39 is 0 Å². The Labute approximate surface area is 150 Å². The molecule has 0 saturated carbocycles. The molecule has 0 N–H and O–H groups in total. The second kappa shape index (κ2) is 8.09. The van der Waals surface area contributed by atoms with Crippen LogP contribution in [0.2, 0.25) is 0 Å². The van der Waals surface area contributed by atoms with Crippen molar-refractivity contribution in [3.63, 3.8) is 0 Å². The van der Waals surface area contributed by atoms with Crippen LogP contribution in [0.3, 0.4) is 0 Å². The van der Waals surface area contributed by atoms with Crippen molar-refractivity contribution in [1.29, 1.82) is 0 Å². The van der Waals surface area contributed by atoms with Crippen molar-refractivity contribution in [3.8, 4) is 11.5 Å². The molecule has 0 spiro atoms. The summed E-state index contributed by atoms with van der Waals surface area (Å²) >= 11 is 0. The van der Waals surface area contributed by atoms with Crippen LogP contribution in [0, 0.1) is 5.92 Å². The molecule has 2 unspecified atom stereocenters. The van der Waals surface area contributed by atoms with Crippen molar-refractivity contribution in [2.45, 2.75) is 38.6 Å². The molecule has 1 amide bonds. The average molecular weight is 346 g/mol. The lowest BCUT2D eigenvalue weighted by Crippen LogP contribution is -2.44. The highest BCUT2D eigenvalue weighted by atomic mass is 16.5. The Bertz CT molecular complexity index is 605. The third kappa shape index (κ3) is 4.09. The maximum Gasteiger partial charge on any atom is 0.236 e. The van der Waals surface area contributed by atoms with Crippen LogP contribution in [0.15, 0.2) is 18.2 Å². The largest absolute Gasteiger partial charge is 0.497 e. The highest BCUT2D eigenvalue weighted by Gasteiger charge is 2.31. The molecule has 0 aromatic heterocycles. The summed E-state index contributed by atoms with van der Waals surface area (Å²) in [7, 11) is 3.35. The maximum atomic E-state index is 12.8. The van der Waals surface area contributed by atoms with Gasteiger partial charge in [-0.2, -0.15) is 0 Å². The van der Waals surface area contributed by atoms with E-state index in [1.165, 1.54) is 6.42 Å². The summed E-state index contributed by atoms with van der Waals surface area (Å²) in [4.78, 5) is 17.1. The number of likely N-dealkylation sites (tertiary alicyclic amines) is 2. The predicted molar refractivity (Wildman–Crippen MR) is 98.1 cm³/mol. The van der Waals surface area contributed by atoms with E-state index in [9.17, 15) is 4.79 Å². The zero-order valence-corrected chi connectivity index (χ0v) is 15.7. The summed E-state index contributed by atoms with van der Waals surface area (Å²) in [5.41, 5.74) is 1.15. The molecule has 2 fully saturated rings. The van der Waals surface area contributed by atoms with Gasteiger partial charge >= 0.3 is 0 Å². The molecule has 0 aliphatic carbocycles. The van der Waals surface area contributed by atoms with Crippen molar-refractivity contribution in [1.82, 2.24) is 9.80 Å². The van der Waals surface area contributed by atoms with Gasteiger partial charge < -0.3 is 14.4 Å². The summed E-state index contributed by atoms with van der Waals surface area (Å²) in [6.07, 6.45) is 4.54. The van der Waals surface area contributed by atoms with Gasteiger partial charge in [0.05, 0.1) is 20.8 Å². The number of nitrogens with zero attached hydrogens (tertiary/aromatic N) is 2. The number of hydrogen-bond acceptors (Lipinski definition) is 4. The fourth-order valence-corrected chi connectivity index (χ4v) is 4.15.